The predicted octanol–water partition coefficient (Wildman–Crippen LogP) is 3.64. The highest BCUT2D eigenvalue weighted by Gasteiger charge is 2.35. The molecule has 10 heteroatoms. The van der Waals surface area contributed by atoms with E-state index in [1.54, 1.807) is 18.2 Å². The number of rotatable bonds is 4. The molecular weight excluding hydrogens is 381 g/mol. The molecule has 1 heterocycles. The molecule has 0 aliphatic heterocycles. The van der Waals surface area contributed by atoms with Crippen LogP contribution in [0.15, 0.2) is 53.4 Å². The first-order valence-electron chi connectivity index (χ1n) is 7.72. The Bertz CT molecular complexity index is 1080. The van der Waals surface area contributed by atoms with Crippen LogP contribution in [0.25, 0.3) is 10.9 Å². The minimum absolute atomic E-state index is 0.0175. The summed E-state index contributed by atoms with van der Waals surface area (Å²) in [6.45, 7) is 0. The SMILES string of the molecule is CN(C)S(=O)(=O)c1ccc(Nc2nc(C(F)(F)F)nc3ccccc23)cc1. The van der Waals surface area contributed by atoms with Crippen LogP contribution in [-0.2, 0) is 16.2 Å². The molecule has 0 radical (unpaired) electrons. The van der Waals surface area contributed by atoms with Gasteiger partial charge in [-0.2, -0.15) is 13.2 Å². The molecule has 0 aliphatic rings. The van der Waals surface area contributed by atoms with Crippen molar-refractivity contribution in [1.82, 2.24) is 14.3 Å². The van der Waals surface area contributed by atoms with E-state index in [0.717, 1.165) is 4.31 Å². The van der Waals surface area contributed by atoms with Gasteiger partial charge in [0.05, 0.1) is 10.4 Å². The Kier molecular flexibility index (Phi) is 4.79. The van der Waals surface area contributed by atoms with Crippen LogP contribution in [0, 0.1) is 0 Å². The fourth-order valence-corrected chi connectivity index (χ4v) is 3.26. The maximum atomic E-state index is 13.1. The van der Waals surface area contributed by atoms with Gasteiger partial charge >= 0.3 is 6.18 Å². The van der Waals surface area contributed by atoms with Crippen LogP contribution >= 0.6 is 0 Å². The van der Waals surface area contributed by atoms with Gasteiger partial charge in [-0.15, -0.1) is 0 Å². The molecule has 0 aliphatic carbocycles. The van der Waals surface area contributed by atoms with Crippen LogP contribution in [0.1, 0.15) is 5.82 Å². The monoisotopic (exact) mass is 396 g/mol. The van der Waals surface area contributed by atoms with Crippen LogP contribution < -0.4 is 5.32 Å². The summed E-state index contributed by atoms with van der Waals surface area (Å²) in [7, 11) is -0.776. The Hall–Kier alpha value is -2.72. The van der Waals surface area contributed by atoms with Crippen molar-refractivity contribution in [3.8, 4) is 0 Å². The second-order valence-corrected chi connectivity index (χ2v) is 8.00. The van der Waals surface area contributed by atoms with E-state index in [9.17, 15) is 21.6 Å². The molecule has 0 fully saturated rings. The van der Waals surface area contributed by atoms with E-state index < -0.39 is 22.0 Å². The number of para-hydroxylation sites is 1. The first-order valence-corrected chi connectivity index (χ1v) is 9.16. The number of alkyl halides is 3. The molecule has 0 unspecified atom stereocenters. The number of fused-ring (bicyclic) bond motifs is 1. The van der Waals surface area contributed by atoms with Crippen molar-refractivity contribution in [2.45, 2.75) is 11.1 Å². The Labute approximate surface area is 153 Å². The third kappa shape index (κ3) is 3.86. The second-order valence-electron chi connectivity index (χ2n) is 5.85. The number of halogens is 3. The normalized spacial score (nSPS) is 12.5. The Morgan fingerprint density at radius 1 is 0.963 bits per heavy atom. The van der Waals surface area contributed by atoms with Gasteiger partial charge in [0.1, 0.15) is 5.82 Å². The molecule has 142 valence electrons. The van der Waals surface area contributed by atoms with Crippen molar-refractivity contribution in [2.24, 2.45) is 0 Å². The standard InChI is InChI=1S/C17H15F3N4O2S/c1-24(2)27(25,26)12-9-7-11(8-10-12)21-15-13-5-3-4-6-14(13)22-16(23-15)17(18,19)20/h3-10H,1-2H3,(H,21,22,23). The van der Waals surface area contributed by atoms with Crippen molar-refractivity contribution in [3.05, 3.63) is 54.4 Å². The third-order valence-corrected chi connectivity index (χ3v) is 5.58. The second kappa shape index (κ2) is 6.78. The molecule has 3 aromatic rings. The summed E-state index contributed by atoms with van der Waals surface area (Å²) in [5.74, 6) is -1.27. The first-order chi connectivity index (χ1) is 12.6. The van der Waals surface area contributed by atoms with Gasteiger partial charge in [0.15, 0.2) is 0 Å². The molecular formula is C17H15F3N4O2S. The summed E-state index contributed by atoms with van der Waals surface area (Å²) in [5.41, 5.74) is 0.541. The van der Waals surface area contributed by atoms with E-state index >= 15 is 0 Å². The molecule has 0 atom stereocenters. The van der Waals surface area contributed by atoms with Gasteiger partial charge in [-0.25, -0.2) is 22.7 Å². The number of hydrogen-bond donors (Lipinski definition) is 1. The molecule has 0 saturated carbocycles. The van der Waals surface area contributed by atoms with Crippen LogP contribution in [0.5, 0.6) is 0 Å². The molecule has 0 spiro atoms. The van der Waals surface area contributed by atoms with E-state index in [4.69, 9.17) is 0 Å². The Balaban J connectivity index is 2.02. The zero-order valence-corrected chi connectivity index (χ0v) is 15.1. The van der Waals surface area contributed by atoms with Crippen LogP contribution in [0.2, 0.25) is 0 Å². The first kappa shape index (κ1) is 19.1. The van der Waals surface area contributed by atoms with Crippen molar-refractivity contribution in [1.29, 1.82) is 0 Å². The smallest absolute Gasteiger partial charge is 0.340 e. The number of anilines is 2. The van der Waals surface area contributed by atoms with Crippen molar-refractivity contribution in [3.63, 3.8) is 0 Å². The number of sulfonamides is 1. The lowest BCUT2D eigenvalue weighted by molar-refractivity contribution is -0.144. The fraction of sp³-hybridized carbons (Fsp3) is 0.176. The Morgan fingerprint density at radius 3 is 2.19 bits per heavy atom. The highest BCUT2D eigenvalue weighted by atomic mass is 32.2. The highest BCUT2D eigenvalue weighted by Crippen LogP contribution is 2.31. The number of aromatic nitrogens is 2. The Morgan fingerprint density at radius 2 is 1.59 bits per heavy atom. The number of hydrogen-bond acceptors (Lipinski definition) is 5. The molecule has 6 nitrogen and oxygen atoms in total. The molecule has 0 amide bonds. The molecule has 1 aromatic heterocycles. The topological polar surface area (TPSA) is 75.2 Å². The average Bonchev–Trinajstić information content (AvgIpc) is 2.61. The van der Waals surface area contributed by atoms with Crippen molar-refractivity contribution < 1.29 is 21.6 Å². The predicted molar refractivity (Wildman–Crippen MR) is 95.1 cm³/mol. The maximum Gasteiger partial charge on any atom is 0.451 e. The highest BCUT2D eigenvalue weighted by molar-refractivity contribution is 7.89. The van der Waals surface area contributed by atoms with E-state index in [1.807, 2.05) is 0 Å². The van der Waals surface area contributed by atoms with E-state index in [-0.39, 0.29) is 16.2 Å². The summed E-state index contributed by atoms with van der Waals surface area (Å²) >= 11 is 0. The minimum Gasteiger partial charge on any atom is -0.340 e. The lowest BCUT2D eigenvalue weighted by atomic mass is 10.2. The fourth-order valence-electron chi connectivity index (χ4n) is 2.36. The third-order valence-electron chi connectivity index (χ3n) is 3.75. The quantitative estimate of drug-likeness (QED) is 0.729. The summed E-state index contributed by atoms with van der Waals surface area (Å²) in [6, 6.07) is 12.0. The van der Waals surface area contributed by atoms with E-state index in [1.165, 1.54) is 44.4 Å². The number of nitrogens with one attached hydrogen (secondary N) is 1. The summed E-state index contributed by atoms with van der Waals surface area (Å²) in [6.07, 6.45) is -4.69. The van der Waals surface area contributed by atoms with Gasteiger partial charge in [-0.05, 0) is 36.4 Å². The zero-order chi connectivity index (χ0) is 19.8. The van der Waals surface area contributed by atoms with Gasteiger partial charge in [0.2, 0.25) is 15.8 Å². The maximum absolute atomic E-state index is 13.1. The van der Waals surface area contributed by atoms with Gasteiger partial charge < -0.3 is 5.32 Å². The molecule has 0 saturated heterocycles. The molecule has 2 aromatic carbocycles. The summed E-state index contributed by atoms with van der Waals surface area (Å²) in [5, 5.41) is 3.22. The van der Waals surface area contributed by atoms with Gasteiger partial charge in [0, 0.05) is 25.2 Å². The minimum atomic E-state index is -4.69. The molecule has 1 N–H and O–H groups in total. The van der Waals surface area contributed by atoms with E-state index in [0.29, 0.717) is 11.1 Å². The molecule has 3 rings (SSSR count). The average molecular weight is 396 g/mol. The largest absolute Gasteiger partial charge is 0.451 e. The molecule has 0 bridgehead atoms. The van der Waals surface area contributed by atoms with Crippen LogP contribution in [0.3, 0.4) is 0 Å². The lowest BCUT2D eigenvalue weighted by Gasteiger charge is -2.14. The van der Waals surface area contributed by atoms with Gasteiger partial charge in [-0.3, -0.25) is 0 Å². The van der Waals surface area contributed by atoms with Crippen molar-refractivity contribution in [2.75, 3.05) is 19.4 Å². The number of benzene rings is 2. The van der Waals surface area contributed by atoms with Gasteiger partial charge in [-0.1, -0.05) is 12.1 Å². The lowest BCUT2D eigenvalue weighted by Crippen LogP contribution is -2.22. The summed E-state index contributed by atoms with van der Waals surface area (Å²) < 4.78 is 64.5. The van der Waals surface area contributed by atoms with Gasteiger partial charge in [0.25, 0.3) is 0 Å². The van der Waals surface area contributed by atoms with Crippen LogP contribution in [0.4, 0.5) is 24.7 Å². The van der Waals surface area contributed by atoms with Crippen LogP contribution in [-0.4, -0.2) is 36.8 Å². The zero-order valence-electron chi connectivity index (χ0n) is 14.3. The summed E-state index contributed by atoms with van der Waals surface area (Å²) in [4.78, 5) is 7.22. The number of nitrogens with zero attached hydrogens (tertiary/aromatic N) is 3. The molecule has 27 heavy (non-hydrogen) atoms. The van der Waals surface area contributed by atoms with Crippen molar-refractivity contribution >= 4 is 32.4 Å². The van der Waals surface area contributed by atoms with E-state index in [2.05, 4.69) is 15.3 Å².